The van der Waals surface area contributed by atoms with Crippen LogP contribution >= 0.6 is 0 Å². The van der Waals surface area contributed by atoms with E-state index in [2.05, 4.69) is 28.8 Å². The van der Waals surface area contributed by atoms with Crippen LogP contribution in [-0.4, -0.2) is 46.9 Å². The molecule has 1 saturated heterocycles. The molecule has 5 amide bonds. The lowest BCUT2D eigenvalue weighted by atomic mass is 9.93. The van der Waals surface area contributed by atoms with Gasteiger partial charge in [-0.25, -0.2) is 9.59 Å². The molecule has 25 heavy (non-hydrogen) atoms. The summed E-state index contributed by atoms with van der Waals surface area (Å²) >= 11 is 0. The quantitative estimate of drug-likeness (QED) is 0.814. The van der Waals surface area contributed by atoms with Crippen LogP contribution in [0.1, 0.15) is 29.5 Å². The lowest BCUT2D eigenvalue weighted by Crippen LogP contribution is -2.58. The van der Waals surface area contributed by atoms with Crippen molar-refractivity contribution >= 4 is 18.0 Å². The number of hydrogen-bond donors (Lipinski definition) is 2. The average molecular weight is 342 g/mol. The minimum atomic E-state index is -0.981. The van der Waals surface area contributed by atoms with E-state index in [4.69, 9.17) is 0 Å². The van der Waals surface area contributed by atoms with Gasteiger partial charge in [-0.3, -0.25) is 10.1 Å². The summed E-state index contributed by atoms with van der Waals surface area (Å²) in [5.74, 6) is -0.215. The van der Waals surface area contributed by atoms with E-state index in [-0.39, 0.29) is 24.4 Å². The highest BCUT2D eigenvalue weighted by atomic mass is 16.2. The average Bonchev–Trinajstić information content (AvgIpc) is 3.27. The van der Waals surface area contributed by atoms with E-state index in [1.54, 1.807) is 16.8 Å². The van der Waals surface area contributed by atoms with E-state index in [9.17, 15) is 14.4 Å². The molecule has 1 unspecified atom stereocenters. The molecule has 2 aliphatic heterocycles. The Labute approximate surface area is 146 Å². The van der Waals surface area contributed by atoms with Gasteiger partial charge < -0.3 is 15.1 Å². The van der Waals surface area contributed by atoms with Gasteiger partial charge in [-0.05, 0) is 36.8 Å². The Hall–Kier alpha value is -2.57. The van der Waals surface area contributed by atoms with Gasteiger partial charge in [0, 0.05) is 20.1 Å². The summed E-state index contributed by atoms with van der Waals surface area (Å²) in [5.41, 5.74) is 2.53. The van der Waals surface area contributed by atoms with E-state index in [1.165, 1.54) is 11.1 Å². The van der Waals surface area contributed by atoms with Crippen LogP contribution in [0.25, 0.3) is 0 Å². The predicted octanol–water partition coefficient (Wildman–Crippen LogP) is 1.35. The normalized spacial score (nSPS) is 24.8. The Morgan fingerprint density at radius 2 is 2.00 bits per heavy atom. The molecule has 7 heteroatoms. The van der Waals surface area contributed by atoms with Crippen molar-refractivity contribution in [2.75, 3.05) is 13.6 Å². The first-order valence-corrected chi connectivity index (χ1v) is 8.61. The highest BCUT2D eigenvalue weighted by Gasteiger charge is 2.57. The van der Waals surface area contributed by atoms with Crippen LogP contribution < -0.4 is 10.6 Å². The lowest BCUT2D eigenvalue weighted by molar-refractivity contribution is -0.125. The summed E-state index contributed by atoms with van der Waals surface area (Å²) in [4.78, 5) is 40.2. The van der Waals surface area contributed by atoms with Crippen molar-refractivity contribution in [3.05, 3.63) is 34.9 Å². The van der Waals surface area contributed by atoms with Gasteiger partial charge in [0.25, 0.3) is 5.91 Å². The smallest absolute Gasteiger partial charge is 0.322 e. The zero-order valence-electron chi connectivity index (χ0n) is 14.5. The predicted molar refractivity (Wildman–Crippen MR) is 90.6 cm³/mol. The molecule has 2 fully saturated rings. The molecule has 0 spiro atoms. The fraction of sp³-hybridized carbons (Fsp3) is 0.500. The number of likely N-dealkylation sites (N-methyl/N-ethyl adjacent to an activating group) is 1. The van der Waals surface area contributed by atoms with Gasteiger partial charge in [0.15, 0.2) is 0 Å². The van der Waals surface area contributed by atoms with Gasteiger partial charge in [-0.1, -0.05) is 23.8 Å². The molecule has 132 valence electrons. The number of aryl methyl sites for hydroxylation is 1. The maximum Gasteiger partial charge on any atom is 0.322 e. The molecule has 1 aliphatic carbocycles. The number of hydrogen-bond acceptors (Lipinski definition) is 3. The van der Waals surface area contributed by atoms with Crippen LogP contribution in [0, 0.1) is 12.8 Å². The number of carbonyl (C=O) groups is 3. The van der Waals surface area contributed by atoms with Crippen LogP contribution in [0.5, 0.6) is 0 Å². The number of urea groups is 2. The monoisotopic (exact) mass is 342 g/mol. The van der Waals surface area contributed by atoms with Crippen LogP contribution in [0.3, 0.4) is 0 Å². The first kappa shape index (κ1) is 15.9. The van der Waals surface area contributed by atoms with Crippen molar-refractivity contribution in [2.24, 2.45) is 5.92 Å². The summed E-state index contributed by atoms with van der Waals surface area (Å²) in [6.45, 7) is 3.39. The number of amides is 5. The molecule has 2 N–H and O–H groups in total. The van der Waals surface area contributed by atoms with E-state index >= 15 is 0 Å². The largest absolute Gasteiger partial charge is 0.325 e. The third-order valence-electron chi connectivity index (χ3n) is 5.41. The van der Waals surface area contributed by atoms with Gasteiger partial charge >= 0.3 is 12.1 Å². The van der Waals surface area contributed by atoms with Crippen molar-refractivity contribution in [3.63, 3.8) is 0 Å². The van der Waals surface area contributed by atoms with Crippen LogP contribution in [0.4, 0.5) is 9.59 Å². The van der Waals surface area contributed by atoms with Gasteiger partial charge in [0.05, 0.1) is 6.54 Å². The highest BCUT2D eigenvalue weighted by Crippen LogP contribution is 2.41. The van der Waals surface area contributed by atoms with E-state index in [0.717, 1.165) is 18.4 Å². The molecule has 0 bridgehead atoms. The van der Waals surface area contributed by atoms with Gasteiger partial charge in [-0.15, -0.1) is 0 Å². The van der Waals surface area contributed by atoms with Crippen LogP contribution in [0.15, 0.2) is 18.2 Å². The minimum absolute atomic E-state index is 0.104. The molecule has 1 saturated carbocycles. The molecule has 1 aromatic rings. The number of imide groups is 1. The standard InChI is InChI=1S/C18H22N4O3/c1-11-3-4-12-8-22(9-13(12)7-11)17(25)21(2)10-18(14-5-6-14)15(23)19-16(24)20-18/h3-4,7,14H,5-6,8-10H2,1-2H3,(H2,19,20,23,24). The van der Waals surface area contributed by atoms with Crippen molar-refractivity contribution in [1.29, 1.82) is 0 Å². The summed E-state index contributed by atoms with van der Waals surface area (Å²) < 4.78 is 0. The number of carbonyl (C=O) groups excluding carboxylic acids is 3. The molecular formula is C18H22N4O3. The third kappa shape index (κ3) is 2.63. The molecule has 1 atom stereocenters. The third-order valence-corrected chi connectivity index (χ3v) is 5.41. The van der Waals surface area contributed by atoms with Gasteiger partial charge in [-0.2, -0.15) is 0 Å². The Balaban J connectivity index is 1.48. The Bertz CT molecular complexity index is 774. The Morgan fingerprint density at radius 3 is 2.64 bits per heavy atom. The summed E-state index contributed by atoms with van der Waals surface area (Å²) in [7, 11) is 1.69. The maximum atomic E-state index is 12.9. The first-order valence-electron chi connectivity index (χ1n) is 8.61. The van der Waals surface area contributed by atoms with Crippen molar-refractivity contribution in [2.45, 2.75) is 38.4 Å². The maximum absolute atomic E-state index is 12.9. The molecule has 4 rings (SSSR count). The zero-order chi connectivity index (χ0) is 17.8. The van der Waals surface area contributed by atoms with Crippen LogP contribution in [-0.2, 0) is 17.9 Å². The molecule has 2 heterocycles. The Morgan fingerprint density at radius 1 is 1.28 bits per heavy atom. The van der Waals surface area contributed by atoms with Crippen LogP contribution in [0.2, 0.25) is 0 Å². The van der Waals surface area contributed by atoms with Gasteiger partial charge in [0.1, 0.15) is 5.54 Å². The molecular weight excluding hydrogens is 320 g/mol. The number of nitrogens with one attached hydrogen (secondary N) is 2. The number of nitrogens with zero attached hydrogens (tertiary/aromatic N) is 2. The van der Waals surface area contributed by atoms with Crippen molar-refractivity contribution in [1.82, 2.24) is 20.4 Å². The SMILES string of the molecule is Cc1ccc2c(c1)CN(C(=O)N(C)CC1(C3CC3)NC(=O)NC1=O)C2. The Kier molecular flexibility index (Phi) is 3.49. The van der Waals surface area contributed by atoms with E-state index in [0.29, 0.717) is 13.1 Å². The molecule has 3 aliphatic rings. The second kappa shape index (κ2) is 5.47. The molecule has 0 aromatic heterocycles. The summed E-state index contributed by atoms with van der Waals surface area (Å²) in [6, 6.07) is 5.63. The highest BCUT2D eigenvalue weighted by molar-refractivity contribution is 6.07. The second-order valence-electron chi connectivity index (χ2n) is 7.42. The summed E-state index contributed by atoms with van der Waals surface area (Å²) in [6.07, 6.45) is 1.79. The topological polar surface area (TPSA) is 81.8 Å². The first-order chi connectivity index (χ1) is 11.9. The molecule has 7 nitrogen and oxygen atoms in total. The number of benzene rings is 1. The number of rotatable bonds is 3. The van der Waals surface area contributed by atoms with E-state index in [1.807, 2.05) is 6.92 Å². The zero-order valence-corrected chi connectivity index (χ0v) is 14.5. The van der Waals surface area contributed by atoms with E-state index < -0.39 is 11.6 Å². The summed E-state index contributed by atoms with van der Waals surface area (Å²) in [5, 5.41) is 5.09. The molecule has 1 aromatic carbocycles. The number of fused-ring (bicyclic) bond motifs is 1. The minimum Gasteiger partial charge on any atom is -0.325 e. The fourth-order valence-corrected chi connectivity index (χ4v) is 3.95. The van der Waals surface area contributed by atoms with Gasteiger partial charge in [0.2, 0.25) is 0 Å². The van der Waals surface area contributed by atoms with Crippen molar-refractivity contribution < 1.29 is 14.4 Å². The van der Waals surface area contributed by atoms with Crippen molar-refractivity contribution in [3.8, 4) is 0 Å². The fourth-order valence-electron chi connectivity index (χ4n) is 3.95. The lowest BCUT2D eigenvalue weighted by Gasteiger charge is -2.33. The molecule has 0 radical (unpaired) electrons. The second-order valence-corrected chi connectivity index (χ2v) is 7.42.